The van der Waals surface area contributed by atoms with E-state index in [1.165, 1.54) is 11.3 Å². The van der Waals surface area contributed by atoms with Gasteiger partial charge in [-0.3, -0.25) is 0 Å². The second-order valence-electron chi connectivity index (χ2n) is 3.89. The zero-order valence-electron chi connectivity index (χ0n) is 10.3. The first kappa shape index (κ1) is 12.4. The van der Waals surface area contributed by atoms with Gasteiger partial charge in [-0.25, -0.2) is 0 Å². The van der Waals surface area contributed by atoms with Crippen molar-refractivity contribution in [2.75, 3.05) is 0 Å². The standard InChI is InChI=1S/C14H9N3O2S/c15-8-11-6-7-12(20-11)14-16-13(17-19-14)9-18-10-4-2-1-3-5-10/h1-7H,9H2. The first-order chi connectivity index (χ1) is 9.85. The first-order valence-corrected chi connectivity index (χ1v) is 6.67. The van der Waals surface area contributed by atoms with Crippen molar-refractivity contribution in [3.8, 4) is 22.6 Å². The number of thiophene rings is 1. The summed E-state index contributed by atoms with van der Waals surface area (Å²) in [7, 11) is 0. The van der Waals surface area contributed by atoms with Crippen LogP contribution >= 0.6 is 11.3 Å². The molecule has 0 radical (unpaired) electrons. The summed E-state index contributed by atoms with van der Waals surface area (Å²) in [6.45, 7) is 0.240. The lowest BCUT2D eigenvalue weighted by Gasteiger charge is -2.01. The van der Waals surface area contributed by atoms with Crippen LogP contribution in [0.5, 0.6) is 5.75 Å². The largest absolute Gasteiger partial charge is 0.485 e. The molecule has 0 amide bonds. The summed E-state index contributed by atoms with van der Waals surface area (Å²) in [5, 5.41) is 12.6. The van der Waals surface area contributed by atoms with Gasteiger partial charge in [0.05, 0.1) is 4.88 Å². The molecule has 0 aliphatic rings. The molecule has 5 nitrogen and oxygen atoms in total. The van der Waals surface area contributed by atoms with E-state index in [-0.39, 0.29) is 6.61 Å². The number of hydrogen-bond donors (Lipinski definition) is 0. The molecule has 0 atom stereocenters. The molecule has 98 valence electrons. The molecule has 0 N–H and O–H groups in total. The Bertz CT molecular complexity index is 743. The topological polar surface area (TPSA) is 71.9 Å². The molecule has 0 aliphatic carbocycles. The minimum atomic E-state index is 0.240. The Balaban J connectivity index is 1.69. The van der Waals surface area contributed by atoms with Crippen molar-refractivity contribution in [3.63, 3.8) is 0 Å². The van der Waals surface area contributed by atoms with Gasteiger partial charge in [-0.15, -0.1) is 11.3 Å². The van der Waals surface area contributed by atoms with Crippen molar-refractivity contribution >= 4 is 11.3 Å². The molecule has 6 heteroatoms. The zero-order chi connectivity index (χ0) is 13.8. The van der Waals surface area contributed by atoms with Gasteiger partial charge in [0.1, 0.15) is 16.7 Å². The van der Waals surface area contributed by atoms with Gasteiger partial charge in [0, 0.05) is 0 Å². The molecular formula is C14H9N3O2S. The maximum atomic E-state index is 8.79. The van der Waals surface area contributed by atoms with Crippen LogP contribution in [0.2, 0.25) is 0 Å². The fourth-order valence-corrected chi connectivity index (χ4v) is 2.32. The average Bonchev–Trinajstić information content (AvgIpc) is 3.15. The third kappa shape index (κ3) is 2.68. The highest BCUT2D eigenvalue weighted by Crippen LogP contribution is 2.26. The second kappa shape index (κ2) is 5.55. The van der Waals surface area contributed by atoms with Gasteiger partial charge >= 0.3 is 0 Å². The molecule has 0 saturated carbocycles. The summed E-state index contributed by atoms with van der Waals surface area (Å²) in [4.78, 5) is 5.63. The fourth-order valence-electron chi connectivity index (χ4n) is 1.59. The number of rotatable bonds is 4. The van der Waals surface area contributed by atoms with E-state index < -0.39 is 0 Å². The molecule has 3 rings (SSSR count). The van der Waals surface area contributed by atoms with E-state index in [1.54, 1.807) is 12.1 Å². The second-order valence-corrected chi connectivity index (χ2v) is 4.98. The summed E-state index contributed by atoms with van der Waals surface area (Å²) in [5.74, 6) is 1.63. The lowest BCUT2D eigenvalue weighted by atomic mass is 10.3. The summed E-state index contributed by atoms with van der Waals surface area (Å²) in [6, 6.07) is 15.0. The van der Waals surface area contributed by atoms with E-state index in [0.717, 1.165) is 10.6 Å². The predicted molar refractivity (Wildman–Crippen MR) is 73.1 cm³/mol. The third-order valence-corrected chi connectivity index (χ3v) is 3.48. The fraction of sp³-hybridized carbons (Fsp3) is 0.0714. The van der Waals surface area contributed by atoms with Crippen LogP contribution in [0.15, 0.2) is 47.0 Å². The third-order valence-electron chi connectivity index (χ3n) is 2.51. The molecule has 0 unspecified atom stereocenters. The van der Waals surface area contributed by atoms with Crippen molar-refractivity contribution in [3.05, 3.63) is 53.2 Å². The maximum Gasteiger partial charge on any atom is 0.268 e. The molecule has 1 aromatic carbocycles. The van der Waals surface area contributed by atoms with Crippen molar-refractivity contribution in [2.45, 2.75) is 6.61 Å². The lowest BCUT2D eigenvalue weighted by Crippen LogP contribution is -1.97. The Morgan fingerprint density at radius 3 is 2.80 bits per heavy atom. The normalized spacial score (nSPS) is 10.2. The lowest BCUT2D eigenvalue weighted by molar-refractivity contribution is 0.287. The van der Waals surface area contributed by atoms with E-state index in [2.05, 4.69) is 16.2 Å². The van der Waals surface area contributed by atoms with E-state index >= 15 is 0 Å². The molecular weight excluding hydrogens is 274 g/mol. The van der Waals surface area contributed by atoms with Crippen LogP contribution in [0.3, 0.4) is 0 Å². The zero-order valence-corrected chi connectivity index (χ0v) is 11.1. The Labute approximate surface area is 119 Å². The SMILES string of the molecule is N#Cc1ccc(-c2nc(COc3ccccc3)no2)s1. The molecule has 20 heavy (non-hydrogen) atoms. The highest BCUT2D eigenvalue weighted by atomic mass is 32.1. The van der Waals surface area contributed by atoms with Crippen LogP contribution in [-0.4, -0.2) is 10.1 Å². The van der Waals surface area contributed by atoms with E-state index in [0.29, 0.717) is 16.6 Å². The smallest absolute Gasteiger partial charge is 0.268 e. The van der Waals surface area contributed by atoms with Crippen molar-refractivity contribution in [2.24, 2.45) is 0 Å². The van der Waals surface area contributed by atoms with Crippen molar-refractivity contribution in [1.82, 2.24) is 10.1 Å². The molecule has 0 saturated heterocycles. The number of para-hydroxylation sites is 1. The Morgan fingerprint density at radius 1 is 1.20 bits per heavy atom. The van der Waals surface area contributed by atoms with Gasteiger partial charge < -0.3 is 9.26 Å². The van der Waals surface area contributed by atoms with Gasteiger partial charge in [-0.05, 0) is 24.3 Å². The molecule has 2 heterocycles. The predicted octanol–water partition coefficient (Wildman–Crippen LogP) is 3.25. The minimum absolute atomic E-state index is 0.240. The number of nitrogens with zero attached hydrogens (tertiary/aromatic N) is 3. The van der Waals surface area contributed by atoms with E-state index in [4.69, 9.17) is 14.5 Å². The van der Waals surface area contributed by atoms with Crippen LogP contribution in [0, 0.1) is 11.3 Å². The maximum absolute atomic E-state index is 8.79. The van der Waals surface area contributed by atoms with Crippen LogP contribution in [0.4, 0.5) is 0 Å². The summed E-state index contributed by atoms with van der Waals surface area (Å²) in [6.07, 6.45) is 0. The average molecular weight is 283 g/mol. The Kier molecular flexibility index (Phi) is 3.44. The summed E-state index contributed by atoms with van der Waals surface area (Å²) < 4.78 is 10.7. The van der Waals surface area contributed by atoms with Gasteiger partial charge in [-0.1, -0.05) is 23.4 Å². The number of ether oxygens (including phenoxy) is 1. The van der Waals surface area contributed by atoms with Gasteiger partial charge in [0.25, 0.3) is 5.89 Å². The van der Waals surface area contributed by atoms with Crippen LogP contribution < -0.4 is 4.74 Å². The van der Waals surface area contributed by atoms with Gasteiger partial charge in [0.2, 0.25) is 5.82 Å². The van der Waals surface area contributed by atoms with E-state index in [9.17, 15) is 0 Å². The number of aromatic nitrogens is 2. The molecule has 0 aliphatic heterocycles. The number of nitriles is 1. The van der Waals surface area contributed by atoms with Gasteiger partial charge in [0.15, 0.2) is 6.61 Å². The van der Waals surface area contributed by atoms with Crippen LogP contribution in [0.1, 0.15) is 10.7 Å². The number of benzene rings is 1. The Morgan fingerprint density at radius 2 is 2.05 bits per heavy atom. The highest BCUT2D eigenvalue weighted by molar-refractivity contribution is 7.15. The summed E-state index contributed by atoms with van der Waals surface area (Å²) >= 11 is 1.32. The number of hydrogen-bond acceptors (Lipinski definition) is 6. The monoisotopic (exact) mass is 283 g/mol. The molecule has 0 spiro atoms. The molecule has 3 aromatic rings. The quantitative estimate of drug-likeness (QED) is 0.735. The van der Waals surface area contributed by atoms with Crippen LogP contribution in [0.25, 0.3) is 10.8 Å². The first-order valence-electron chi connectivity index (χ1n) is 5.86. The van der Waals surface area contributed by atoms with Crippen LogP contribution in [-0.2, 0) is 6.61 Å². The molecule has 2 aromatic heterocycles. The molecule has 0 bridgehead atoms. The minimum Gasteiger partial charge on any atom is -0.485 e. The van der Waals surface area contributed by atoms with E-state index in [1.807, 2.05) is 30.3 Å². The van der Waals surface area contributed by atoms with Gasteiger partial charge in [-0.2, -0.15) is 10.2 Å². The summed E-state index contributed by atoms with van der Waals surface area (Å²) in [5.41, 5.74) is 0. The highest BCUT2D eigenvalue weighted by Gasteiger charge is 2.11. The van der Waals surface area contributed by atoms with Crippen molar-refractivity contribution in [1.29, 1.82) is 5.26 Å². The molecule has 0 fully saturated rings. The van der Waals surface area contributed by atoms with Crippen molar-refractivity contribution < 1.29 is 9.26 Å². The Hall–Kier alpha value is -2.65.